The highest BCUT2D eigenvalue weighted by Crippen LogP contribution is 2.34. The summed E-state index contributed by atoms with van der Waals surface area (Å²) in [6.07, 6.45) is 3.21. The molecule has 3 heterocycles. The molecule has 1 unspecified atom stereocenters. The Hall–Kier alpha value is -0.910. The third kappa shape index (κ3) is 3.07. The van der Waals surface area contributed by atoms with Gasteiger partial charge in [0.05, 0.1) is 17.5 Å². The number of fused-ring (bicyclic) bond motifs is 1. The molecule has 4 nitrogen and oxygen atoms in total. The number of likely N-dealkylation sites (N-methyl/N-ethyl adjacent to an activating group) is 1. The molecule has 0 aromatic carbocycles. The van der Waals surface area contributed by atoms with Gasteiger partial charge in [0.1, 0.15) is 0 Å². The highest BCUT2D eigenvalue weighted by Gasteiger charge is 2.31. The van der Waals surface area contributed by atoms with Crippen molar-refractivity contribution in [2.24, 2.45) is 0 Å². The van der Waals surface area contributed by atoms with Gasteiger partial charge in [-0.2, -0.15) is 0 Å². The Morgan fingerprint density at radius 2 is 2.27 bits per heavy atom. The van der Waals surface area contributed by atoms with Gasteiger partial charge in [0, 0.05) is 37.5 Å². The number of methoxy groups -OCH3 is 1. The number of thiophene rings is 1. The summed E-state index contributed by atoms with van der Waals surface area (Å²) in [6, 6.07) is 2.41. The van der Waals surface area contributed by atoms with Gasteiger partial charge in [-0.15, -0.1) is 11.3 Å². The van der Waals surface area contributed by atoms with Crippen molar-refractivity contribution in [3.63, 3.8) is 0 Å². The van der Waals surface area contributed by atoms with E-state index < -0.39 is 0 Å². The fraction of sp³-hybridized carbons (Fsp3) is 0.706. The van der Waals surface area contributed by atoms with Crippen molar-refractivity contribution in [1.29, 1.82) is 0 Å². The molecule has 2 atom stereocenters. The van der Waals surface area contributed by atoms with Crippen LogP contribution in [0.3, 0.4) is 0 Å². The third-order valence-electron chi connectivity index (χ3n) is 4.85. The van der Waals surface area contributed by atoms with E-state index in [4.69, 9.17) is 4.74 Å². The van der Waals surface area contributed by atoms with Gasteiger partial charge in [0.2, 0.25) is 0 Å². The maximum Gasteiger partial charge on any atom is 0.264 e. The first-order chi connectivity index (χ1) is 10.6. The van der Waals surface area contributed by atoms with Crippen LogP contribution in [0, 0.1) is 0 Å². The number of amides is 1. The van der Waals surface area contributed by atoms with Gasteiger partial charge in [-0.1, -0.05) is 6.92 Å². The number of carbonyl (C=O) groups is 1. The molecule has 1 saturated heterocycles. The van der Waals surface area contributed by atoms with Crippen molar-refractivity contribution >= 4 is 17.2 Å². The lowest BCUT2D eigenvalue weighted by Gasteiger charge is -2.23. The topological polar surface area (TPSA) is 32.8 Å². The van der Waals surface area contributed by atoms with Crippen LogP contribution < -0.4 is 0 Å². The molecule has 5 heteroatoms. The Bertz CT molecular complexity index is 543. The minimum atomic E-state index is 0.207. The predicted molar refractivity (Wildman–Crippen MR) is 89.9 cm³/mol. The van der Waals surface area contributed by atoms with E-state index in [1.165, 1.54) is 10.4 Å². The Kier molecular flexibility index (Phi) is 4.85. The standard InChI is InChI=1S/C17H26N2O2S/c1-12-10-18(2)8-6-13-9-15(22-16(12)13)17(20)19-7-4-5-14(19)11-21-3/h9,12,14H,4-8,10-11H2,1-3H3/t12?,14-/m0/s1. The van der Waals surface area contributed by atoms with Crippen molar-refractivity contribution in [3.05, 3.63) is 21.4 Å². The lowest BCUT2D eigenvalue weighted by molar-refractivity contribution is 0.0635. The summed E-state index contributed by atoms with van der Waals surface area (Å²) < 4.78 is 5.27. The van der Waals surface area contributed by atoms with E-state index in [0.29, 0.717) is 12.5 Å². The number of nitrogens with zero attached hydrogens (tertiary/aromatic N) is 2. The molecule has 0 spiro atoms. The van der Waals surface area contributed by atoms with E-state index in [1.54, 1.807) is 18.4 Å². The number of hydrogen-bond donors (Lipinski definition) is 0. The Morgan fingerprint density at radius 3 is 3.05 bits per heavy atom. The lowest BCUT2D eigenvalue weighted by Crippen LogP contribution is -2.37. The van der Waals surface area contributed by atoms with Crippen LogP contribution in [-0.4, -0.2) is 62.1 Å². The number of hydrogen-bond acceptors (Lipinski definition) is 4. The van der Waals surface area contributed by atoms with Crippen LogP contribution in [0.2, 0.25) is 0 Å². The SMILES string of the molecule is COC[C@@H]1CCCN1C(=O)c1cc2c(s1)C(C)CN(C)CC2. The number of carbonyl (C=O) groups excluding carboxylic acids is 1. The van der Waals surface area contributed by atoms with Gasteiger partial charge in [0.15, 0.2) is 0 Å². The van der Waals surface area contributed by atoms with Crippen molar-refractivity contribution in [2.45, 2.75) is 38.1 Å². The van der Waals surface area contributed by atoms with Crippen LogP contribution in [0.15, 0.2) is 6.07 Å². The zero-order valence-electron chi connectivity index (χ0n) is 13.8. The number of rotatable bonds is 3. The maximum atomic E-state index is 12.9. The van der Waals surface area contributed by atoms with E-state index in [2.05, 4.69) is 24.9 Å². The van der Waals surface area contributed by atoms with Gasteiger partial charge in [-0.3, -0.25) is 4.79 Å². The second kappa shape index (κ2) is 6.69. The zero-order valence-corrected chi connectivity index (χ0v) is 14.6. The molecule has 0 radical (unpaired) electrons. The Morgan fingerprint density at radius 1 is 1.45 bits per heavy atom. The fourth-order valence-corrected chi connectivity index (χ4v) is 4.93. The Labute approximate surface area is 137 Å². The molecule has 2 aliphatic heterocycles. The average molecular weight is 322 g/mol. The quantitative estimate of drug-likeness (QED) is 0.857. The van der Waals surface area contributed by atoms with E-state index >= 15 is 0 Å². The van der Waals surface area contributed by atoms with E-state index in [-0.39, 0.29) is 11.9 Å². The molecule has 2 aliphatic rings. The smallest absolute Gasteiger partial charge is 0.264 e. The van der Waals surface area contributed by atoms with E-state index in [1.807, 2.05) is 4.90 Å². The summed E-state index contributed by atoms with van der Waals surface area (Å²) in [7, 11) is 3.89. The highest BCUT2D eigenvalue weighted by molar-refractivity contribution is 7.14. The van der Waals surface area contributed by atoms with Crippen LogP contribution in [0.1, 0.15) is 45.8 Å². The van der Waals surface area contributed by atoms with Gasteiger partial charge < -0.3 is 14.5 Å². The van der Waals surface area contributed by atoms with Gasteiger partial charge >= 0.3 is 0 Å². The molecule has 0 aliphatic carbocycles. The molecule has 1 aromatic heterocycles. The first kappa shape index (κ1) is 16.0. The maximum absolute atomic E-state index is 12.9. The van der Waals surface area contributed by atoms with Gasteiger partial charge in [0.25, 0.3) is 5.91 Å². The molecule has 0 saturated carbocycles. The lowest BCUT2D eigenvalue weighted by atomic mass is 10.1. The van der Waals surface area contributed by atoms with Crippen molar-refractivity contribution in [1.82, 2.24) is 9.80 Å². The van der Waals surface area contributed by atoms with Crippen LogP contribution in [0.4, 0.5) is 0 Å². The van der Waals surface area contributed by atoms with E-state index in [0.717, 1.165) is 43.8 Å². The molecule has 122 valence electrons. The van der Waals surface area contributed by atoms with Crippen LogP contribution in [0.25, 0.3) is 0 Å². The van der Waals surface area contributed by atoms with Crippen LogP contribution in [-0.2, 0) is 11.2 Å². The second-order valence-corrected chi connectivity index (χ2v) is 7.75. The summed E-state index contributed by atoms with van der Waals surface area (Å²) in [5, 5.41) is 0. The normalized spacial score (nSPS) is 26.0. The largest absolute Gasteiger partial charge is 0.383 e. The minimum absolute atomic E-state index is 0.207. The van der Waals surface area contributed by atoms with Crippen LogP contribution in [0.5, 0.6) is 0 Å². The Balaban J connectivity index is 1.80. The summed E-state index contributed by atoms with van der Waals surface area (Å²) in [5.41, 5.74) is 1.38. The van der Waals surface area contributed by atoms with Crippen molar-refractivity contribution < 1.29 is 9.53 Å². The van der Waals surface area contributed by atoms with E-state index in [9.17, 15) is 4.79 Å². The highest BCUT2D eigenvalue weighted by atomic mass is 32.1. The molecule has 3 rings (SSSR count). The molecule has 1 amide bonds. The zero-order chi connectivity index (χ0) is 15.7. The first-order valence-corrected chi connectivity index (χ1v) is 9.03. The second-order valence-electron chi connectivity index (χ2n) is 6.66. The van der Waals surface area contributed by atoms with Crippen molar-refractivity contribution in [2.75, 3.05) is 40.4 Å². The molecular formula is C17H26N2O2S. The molecular weight excluding hydrogens is 296 g/mol. The molecule has 22 heavy (non-hydrogen) atoms. The van der Waals surface area contributed by atoms with Gasteiger partial charge in [-0.25, -0.2) is 0 Å². The molecule has 1 aromatic rings. The fourth-order valence-electron chi connectivity index (χ4n) is 3.72. The first-order valence-electron chi connectivity index (χ1n) is 8.21. The molecule has 1 fully saturated rings. The summed E-state index contributed by atoms with van der Waals surface area (Å²) in [5.74, 6) is 0.723. The van der Waals surface area contributed by atoms with Crippen LogP contribution >= 0.6 is 11.3 Å². The minimum Gasteiger partial charge on any atom is -0.383 e. The summed E-state index contributed by atoms with van der Waals surface area (Å²) in [6.45, 7) is 5.95. The van der Waals surface area contributed by atoms with Crippen molar-refractivity contribution in [3.8, 4) is 0 Å². The average Bonchev–Trinajstić information content (AvgIpc) is 3.09. The number of ether oxygens (including phenoxy) is 1. The molecule has 0 N–H and O–H groups in total. The third-order valence-corrected chi connectivity index (χ3v) is 6.24. The molecule has 0 bridgehead atoms. The number of likely N-dealkylation sites (tertiary alicyclic amines) is 1. The monoisotopic (exact) mass is 322 g/mol. The predicted octanol–water partition coefficient (Wildman–Crippen LogP) is 2.59. The van der Waals surface area contributed by atoms with Gasteiger partial charge in [-0.05, 0) is 37.9 Å². The summed E-state index contributed by atoms with van der Waals surface area (Å²) >= 11 is 1.72. The summed E-state index contributed by atoms with van der Waals surface area (Å²) in [4.78, 5) is 19.6.